The van der Waals surface area contributed by atoms with Gasteiger partial charge in [0, 0.05) is 44.6 Å². The van der Waals surface area contributed by atoms with Gasteiger partial charge in [0.05, 0.1) is 17.8 Å². The third kappa shape index (κ3) is 5.83. The van der Waals surface area contributed by atoms with Crippen molar-refractivity contribution in [1.29, 1.82) is 0 Å². The average molecular weight is 423 g/mol. The Morgan fingerprint density at radius 3 is 2.35 bits per heavy atom. The molecule has 0 radical (unpaired) electrons. The van der Waals surface area contributed by atoms with Crippen molar-refractivity contribution >= 4 is 17.4 Å². The molecule has 0 aliphatic carbocycles. The molecule has 1 aromatic heterocycles. The maximum Gasteiger partial charge on any atom is 0.257 e. The van der Waals surface area contributed by atoms with Gasteiger partial charge in [0.1, 0.15) is 5.82 Å². The number of aromatic nitrogens is 1. The standard InChI is InChI=1S/C25H34N4O2/c1-18-4-7-23(8-5-18)27-25(30)22-6-9-24(26-14-22)29-12-10-21(11-13-29)17-28-15-19(2)31-20(3)16-28/h4-9,14,19-21H,10-13,15-17H2,1-3H3,(H,27,30). The minimum atomic E-state index is -0.129. The van der Waals surface area contributed by atoms with Crippen molar-refractivity contribution < 1.29 is 9.53 Å². The third-order valence-corrected chi connectivity index (χ3v) is 6.27. The lowest BCUT2D eigenvalue weighted by atomic mass is 9.95. The number of nitrogens with zero attached hydrogens (tertiary/aromatic N) is 3. The van der Waals surface area contributed by atoms with Crippen molar-refractivity contribution in [2.24, 2.45) is 5.92 Å². The Morgan fingerprint density at radius 2 is 1.74 bits per heavy atom. The summed E-state index contributed by atoms with van der Waals surface area (Å²) in [6, 6.07) is 11.6. The number of carbonyl (C=O) groups excluding carboxylic acids is 1. The van der Waals surface area contributed by atoms with Crippen LogP contribution in [0.25, 0.3) is 0 Å². The Labute approximate surface area is 185 Å². The van der Waals surface area contributed by atoms with Gasteiger partial charge in [0.25, 0.3) is 5.91 Å². The Morgan fingerprint density at radius 1 is 1.06 bits per heavy atom. The van der Waals surface area contributed by atoms with E-state index in [0.717, 1.165) is 50.1 Å². The highest BCUT2D eigenvalue weighted by Crippen LogP contribution is 2.24. The molecule has 6 nitrogen and oxygen atoms in total. The van der Waals surface area contributed by atoms with E-state index < -0.39 is 0 Å². The van der Waals surface area contributed by atoms with Crippen LogP contribution in [0.1, 0.15) is 42.6 Å². The highest BCUT2D eigenvalue weighted by atomic mass is 16.5. The molecule has 6 heteroatoms. The number of ether oxygens (including phenoxy) is 1. The first kappa shape index (κ1) is 21.8. The van der Waals surface area contributed by atoms with E-state index in [0.29, 0.717) is 17.8 Å². The van der Waals surface area contributed by atoms with Crippen molar-refractivity contribution in [1.82, 2.24) is 9.88 Å². The van der Waals surface area contributed by atoms with Gasteiger partial charge >= 0.3 is 0 Å². The number of nitrogens with one attached hydrogen (secondary N) is 1. The number of amides is 1. The monoisotopic (exact) mass is 422 g/mol. The van der Waals surface area contributed by atoms with E-state index in [9.17, 15) is 4.79 Å². The first-order valence-electron chi connectivity index (χ1n) is 11.4. The number of piperidine rings is 1. The number of hydrogen-bond donors (Lipinski definition) is 1. The Hall–Kier alpha value is -2.44. The molecular formula is C25H34N4O2. The van der Waals surface area contributed by atoms with Crippen molar-refractivity contribution in [3.8, 4) is 0 Å². The summed E-state index contributed by atoms with van der Waals surface area (Å²) in [4.78, 5) is 22.0. The van der Waals surface area contributed by atoms with Gasteiger partial charge in [0.15, 0.2) is 0 Å². The van der Waals surface area contributed by atoms with Crippen LogP contribution in [-0.2, 0) is 4.74 Å². The lowest BCUT2D eigenvalue weighted by molar-refractivity contribution is -0.0720. The summed E-state index contributed by atoms with van der Waals surface area (Å²) in [5, 5.41) is 2.93. The second kappa shape index (κ2) is 9.79. The van der Waals surface area contributed by atoms with E-state index in [1.165, 1.54) is 18.4 Å². The lowest BCUT2D eigenvalue weighted by Crippen LogP contribution is -2.48. The number of morpholine rings is 1. The number of benzene rings is 1. The number of anilines is 2. The second-order valence-corrected chi connectivity index (χ2v) is 9.13. The number of pyridine rings is 1. The first-order valence-corrected chi connectivity index (χ1v) is 11.4. The fraction of sp³-hybridized carbons (Fsp3) is 0.520. The molecule has 2 aromatic rings. The fourth-order valence-electron chi connectivity index (χ4n) is 4.69. The predicted molar refractivity (Wildman–Crippen MR) is 125 cm³/mol. The van der Waals surface area contributed by atoms with E-state index in [1.807, 2.05) is 43.3 Å². The predicted octanol–water partition coefficient (Wildman–Crippen LogP) is 3.97. The zero-order valence-electron chi connectivity index (χ0n) is 18.9. The molecule has 2 unspecified atom stereocenters. The Bertz CT molecular complexity index is 850. The van der Waals surface area contributed by atoms with Crippen molar-refractivity contribution in [3.63, 3.8) is 0 Å². The lowest BCUT2D eigenvalue weighted by Gasteiger charge is -2.39. The number of rotatable bonds is 5. The summed E-state index contributed by atoms with van der Waals surface area (Å²) in [5.41, 5.74) is 2.54. The summed E-state index contributed by atoms with van der Waals surface area (Å²) in [7, 11) is 0. The van der Waals surface area contributed by atoms with Gasteiger partial charge in [-0.25, -0.2) is 4.98 Å². The van der Waals surface area contributed by atoms with Crippen LogP contribution in [0.3, 0.4) is 0 Å². The normalized spacial score (nSPS) is 23.0. The summed E-state index contributed by atoms with van der Waals surface area (Å²) >= 11 is 0. The first-order chi connectivity index (χ1) is 15.0. The minimum absolute atomic E-state index is 0.129. The minimum Gasteiger partial charge on any atom is -0.373 e. The molecule has 0 bridgehead atoms. The molecule has 2 aliphatic heterocycles. The Balaban J connectivity index is 1.27. The van der Waals surface area contributed by atoms with Crippen LogP contribution >= 0.6 is 0 Å². The van der Waals surface area contributed by atoms with Gasteiger partial charge in [-0.1, -0.05) is 17.7 Å². The van der Waals surface area contributed by atoms with Gasteiger partial charge in [-0.2, -0.15) is 0 Å². The molecule has 1 N–H and O–H groups in total. The fourth-order valence-corrected chi connectivity index (χ4v) is 4.69. The summed E-state index contributed by atoms with van der Waals surface area (Å²) in [5.74, 6) is 1.56. The van der Waals surface area contributed by atoms with Gasteiger partial charge in [0.2, 0.25) is 0 Å². The smallest absolute Gasteiger partial charge is 0.257 e. The number of carbonyl (C=O) groups is 1. The zero-order chi connectivity index (χ0) is 21.8. The quantitative estimate of drug-likeness (QED) is 0.790. The molecule has 3 heterocycles. The van der Waals surface area contributed by atoms with Gasteiger partial charge in [-0.3, -0.25) is 9.69 Å². The summed E-state index contributed by atoms with van der Waals surface area (Å²) in [6.07, 6.45) is 4.70. The average Bonchev–Trinajstić information content (AvgIpc) is 2.75. The maximum absolute atomic E-state index is 12.5. The van der Waals surface area contributed by atoms with E-state index >= 15 is 0 Å². The highest BCUT2D eigenvalue weighted by molar-refractivity contribution is 6.04. The SMILES string of the molecule is Cc1ccc(NC(=O)c2ccc(N3CCC(CN4CC(C)OC(C)C4)CC3)nc2)cc1. The molecular weight excluding hydrogens is 388 g/mol. The molecule has 1 amide bonds. The topological polar surface area (TPSA) is 57.7 Å². The molecule has 31 heavy (non-hydrogen) atoms. The van der Waals surface area contributed by atoms with Crippen LogP contribution in [0.4, 0.5) is 11.5 Å². The summed E-state index contributed by atoms with van der Waals surface area (Å²) in [6.45, 7) is 11.6. The molecule has 2 fully saturated rings. The maximum atomic E-state index is 12.5. The van der Waals surface area contributed by atoms with Crippen molar-refractivity contribution in [2.75, 3.05) is 42.9 Å². The van der Waals surface area contributed by atoms with Crippen LogP contribution in [0, 0.1) is 12.8 Å². The van der Waals surface area contributed by atoms with Crippen LogP contribution in [0.15, 0.2) is 42.6 Å². The second-order valence-electron chi connectivity index (χ2n) is 9.13. The molecule has 0 spiro atoms. The highest BCUT2D eigenvalue weighted by Gasteiger charge is 2.27. The molecule has 2 atom stereocenters. The van der Waals surface area contributed by atoms with E-state index in [2.05, 4.69) is 33.9 Å². The summed E-state index contributed by atoms with van der Waals surface area (Å²) < 4.78 is 5.86. The van der Waals surface area contributed by atoms with E-state index in [-0.39, 0.29) is 5.91 Å². The van der Waals surface area contributed by atoms with Gasteiger partial charge in [-0.15, -0.1) is 0 Å². The Kier molecular flexibility index (Phi) is 6.88. The number of hydrogen-bond acceptors (Lipinski definition) is 5. The largest absolute Gasteiger partial charge is 0.373 e. The van der Waals surface area contributed by atoms with Crippen molar-refractivity contribution in [3.05, 3.63) is 53.7 Å². The van der Waals surface area contributed by atoms with Gasteiger partial charge < -0.3 is 15.0 Å². The third-order valence-electron chi connectivity index (χ3n) is 6.27. The van der Waals surface area contributed by atoms with Crippen molar-refractivity contribution in [2.45, 2.75) is 45.8 Å². The van der Waals surface area contributed by atoms with Crippen LogP contribution in [0.2, 0.25) is 0 Å². The number of aryl methyl sites for hydroxylation is 1. The van der Waals surface area contributed by atoms with Crippen LogP contribution in [0.5, 0.6) is 0 Å². The molecule has 1 aromatic carbocycles. The zero-order valence-corrected chi connectivity index (χ0v) is 18.9. The molecule has 4 rings (SSSR count). The molecule has 166 valence electrons. The van der Waals surface area contributed by atoms with Crippen LogP contribution in [-0.4, -0.2) is 60.7 Å². The van der Waals surface area contributed by atoms with Crippen LogP contribution < -0.4 is 10.2 Å². The van der Waals surface area contributed by atoms with Gasteiger partial charge in [-0.05, 0) is 63.8 Å². The van der Waals surface area contributed by atoms with E-state index in [4.69, 9.17) is 4.74 Å². The van der Waals surface area contributed by atoms with E-state index in [1.54, 1.807) is 6.20 Å². The molecule has 2 saturated heterocycles. The molecule has 2 aliphatic rings. The molecule has 0 saturated carbocycles.